The van der Waals surface area contributed by atoms with E-state index in [0.29, 0.717) is 21.0 Å². The van der Waals surface area contributed by atoms with Gasteiger partial charge in [0, 0.05) is 16.6 Å². The molecule has 2 heterocycles. The van der Waals surface area contributed by atoms with Crippen molar-refractivity contribution in [2.75, 3.05) is 0 Å². The number of phenols is 1. The average molecular weight is 452 g/mol. The third-order valence-electron chi connectivity index (χ3n) is 5.41. The predicted octanol–water partition coefficient (Wildman–Crippen LogP) is 5.55. The number of halogens is 2. The number of aromatic hydroxyl groups is 1. The fourth-order valence-electron chi connectivity index (χ4n) is 4.01. The number of hydrogen-bond donors (Lipinski definition) is 1. The van der Waals surface area contributed by atoms with Gasteiger partial charge < -0.3 is 14.4 Å². The molecular formula is C24H15Cl2NO4. The molecule has 1 aliphatic rings. The van der Waals surface area contributed by atoms with Crippen molar-refractivity contribution in [1.82, 2.24) is 4.90 Å². The van der Waals surface area contributed by atoms with E-state index < -0.39 is 11.9 Å². The van der Waals surface area contributed by atoms with Crippen LogP contribution in [0.2, 0.25) is 10.0 Å². The van der Waals surface area contributed by atoms with Crippen molar-refractivity contribution >= 4 is 40.1 Å². The fourth-order valence-corrected chi connectivity index (χ4v) is 4.37. The second-order valence-corrected chi connectivity index (χ2v) is 8.18. The number of benzene rings is 3. The minimum Gasteiger partial charge on any atom is -0.508 e. The van der Waals surface area contributed by atoms with Crippen molar-refractivity contribution in [3.8, 4) is 5.75 Å². The van der Waals surface area contributed by atoms with Crippen molar-refractivity contribution in [1.29, 1.82) is 0 Å². The van der Waals surface area contributed by atoms with E-state index in [9.17, 15) is 14.7 Å². The Morgan fingerprint density at radius 2 is 1.77 bits per heavy atom. The van der Waals surface area contributed by atoms with Gasteiger partial charge in [-0.1, -0.05) is 53.5 Å². The van der Waals surface area contributed by atoms with Gasteiger partial charge in [0.15, 0.2) is 5.43 Å². The van der Waals surface area contributed by atoms with Gasteiger partial charge in [0.05, 0.1) is 17.0 Å². The van der Waals surface area contributed by atoms with Gasteiger partial charge in [-0.15, -0.1) is 0 Å². The zero-order valence-corrected chi connectivity index (χ0v) is 17.5. The lowest BCUT2D eigenvalue weighted by atomic mass is 9.98. The van der Waals surface area contributed by atoms with Crippen LogP contribution in [0, 0.1) is 0 Å². The lowest BCUT2D eigenvalue weighted by Crippen LogP contribution is -2.29. The molecule has 1 amide bonds. The number of fused-ring (bicyclic) bond motifs is 2. The van der Waals surface area contributed by atoms with Crippen molar-refractivity contribution in [3.05, 3.63) is 109 Å². The molecule has 4 aromatic rings. The minimum atomic E-state index is -0.745. The van der Waals surface area contributed by atoms with Crippen molar-refractivity contribution in [3.63, 3.8) is 0 Å². The number of carbonyl (C=O) groups excluding carboxylic acids is 1. The smallest absolute Gasteiger partial charge is 0.291 e. The Morgan fingerprint density at radius 1 is 0.968 bits per heavy atom. The highest BCUT2D eigenvalue weighted by Gasteiger charge is 2.43. The van der Waals surface area contributed by atoms with Gasteiger partial charge in [-0.05, 0) is 47.5 Å². The molecule has 0 saturated carbocycles. The third kappa shape index (κ3) is 3.26. The Morgan fingerprint density at radius 3 is 2.55 bits per heavy atom. The maximum atomic E-state index is 13.5. The molecule has 5 rings (SSSR count). The van der Waals surface area contributed by atoms with Gasteiger partial charge in [-0.3, -0.25) is 9.59 Å². The van der Waals surface area contributed by atoms with Crippen LogP contribution in [0.1, 0.15) is 33.3 Å². The van der Waals surface area contributed by atoms with Crippen LogP contribution >= 0.6 is 23.2 Å². The molecule has 154 valence electrons. The standard InChI is InChI=1S/C24H15Cl2NO4/c25-15-8-9-19-17(11-15)22(29)20-21(13-5-3-6-16(28)10-13)27(24(30)23(20)31-19)12-14-4-1-2-7-18(14)26/h1-11,21,28H,12H2/t21-/m1/s1. The molecule has 1 aliphatic heterocycles. The highest BCUT2D eigenvalue weighted by atomic mass is 35.5. The quantitative estimate of drug-likeness (QED) is 0.443. The summed E-state index contributed by atoms with van der Waals surface area (Å²) in [5.74, 6) is -0.401. The van der Waals surface area contributed by atoms with Gasteiger partial charge in [-0.2, -0.15) is 0 Å². The number of hydrogen-bond acceptors (Lipinski definition) is 4. The molecule has 0 fully saturated rings. The van der Waals surface area contributed by atoms with Crippen molar-refractivity contribution < 1.29 is 14.3 Å². The first kappa shape index (κ1) is 19.7. The average Bonchev–Trinajstić information content (AvgIpc) is 3.02. The van der Waals surface area contributed by atoms with Gasteiger partial charge in [-0.25, -0.2) is 0 Å². The third-order valence-corrected chi connectivity index (χ3v) is 6.02. The highest BCUT2D eigenvalue weighted by Crippen LogP contribution is 2.40. The van der Waals surface area contributed by atoms with E-state index in [1.807, 2.05) is 12.1 Å². The van der Waals surface area contributed by atoms with Crippen molar-refractivity contribution in [2.24, 2.45) is 0 Å². The highest BCUT2D eigenvalue weighted by molar-refractivity contribution is 6.31. The fraction of sp³-hybridized carbons (Fsp3) is 0.0833. The van der Waals surface area contributed by atoms with E-state index in [1.54, 1.807) is 36.4 Å². The van der Waals surface area contributed by atoms with Crippen LogP contribution in [0.3, 0.4) is 0 Å². The molecule has 7 heteroatoms. The first-order chi connectivity index (χ1) is 14.9. The Kier molecular flexibility index (Phi) is 4.73. The van der Waals surface area contributed by atoms with Crippen LogP contribution in [0.5, 0.6) is 5.75 Å². The van der Waals surface area contributed by atoms with Gasteiger partial charge in [0.1, 0.15) is 11.3 Å². The minimum absolute atomic E-state index is 0.0137. The summed E-state index contributed by atoms with van der Waals surface area (Å²) >= 11 is 12.4. The lowest BCUT2D eigenvalue weighted by Gasteiger charge is -2.25. The first-order valence-electron chi connectivity index (χ1n) is 9.53. The summed E-state index contributed by atoms with van der Waals surface area (Å²) in [4.78, 5) is 28.4. The predicted molar refractivity (Wildman–Crippen MR) is 119 cm³/mol. The van der Waals surface area contributed by atoms with Crippen molar-refractivity contribution in [2.45, 2.75) is 12.6 Å². The van der Waals surface area contributed by atoms with Crippen LogP contribution in [-0.4, -0.2) is 15.9 Å². The lowest BCUT2D eigenvalue weighted by molar-refractivity contribution is 0.0714. The van der Waals surface area contributed by atoms with Crippen LogP contribution in [-0.2, 0) is 6.54 Å². The topological polar surface area (TPSA) is 70.8 Å². The van der Waals surface area contributed by atoms with Crippen LogP contribution in [0.15, 0.2) is 75.9 Å². The maximum absolute atomic E-state index is 13.5. The molecule has 3 aromatic carbocycles. The van der Waals surface area contributed by atoms with E-state index >= 15 is 0 Å². The molecule has 1 N–H and O–H groups in total. The number of rotatable bonds is 3. The molecule has 1 atom stereocenters. The number of amides is 1. The van der Waals surface area contributed by atoms with E-state index in [-0.39, 0.29) is 34.6 Å². The summed E-state index contributed by atoms with van der Waals surface area (Å²) < 4.78 is 5.89. The van der Waals surface area contributed by atoms with E-state index in [1.165, 1.54) is 23.1 Å². The SMILES string of the molecule is O=C1c2oc3ccc(Cl)cc3c(=O)c2[C@@H](c2cccc(O)c2)N1Cc1ccccc1Cl. The zero-order chi connectivity index (χ0) is 21.7. The van der Waals surface area contributed by atoms with Gasteiger partial charge >= 0.3 is 0 Å². The maximum Gasteiger partial charge on any atom is 0.291 e. The summed E-state index contributed by atoms with van der Waals surface area (Å²) in [6.07, 6.45) is 0. The van der Waals surface area contributed by atoms with E-state index in [4.69, 9.17) is 27.6 Å². The summed E-state index contributed by atoms with van der Waals surface area (Å²) in [7, 11) is 0. The van der Waals surface area contributed by atoms with Gasteiger partial charge in [0.25, 0.3) is 5.91 Å². The van der Waals surface area contributed by atoms with Crippen LogP contribution < -0.4 is 5.43 Å². The van der Waals surface area contributed by atoms with Crippen LogP contribution in [0.4, 0.5) is 0 Å². The first-order valence-corrected chi connectivity index (χ1v) is 10.3. The molecule has 31 heavy (non-hydrogen) atoms. The zero-order valence-electron chi connectivity index (χ0n) is 16.0. The molecule has 0 aliphatic carbocycles. The molecule has 1 aromatic heterocycles. The second-order valence-electron chi connectivity index (χ2n) is 7.34. The largest absolute Gasteiger partial charge is 0.508 e. The van der Waals surface area contributed by atoms with E-state index in [0.717, 1.165) is 5.56 Å². The Labute approximate surface area is 187 Å². The monoisotopic (exact) mass is 451 g/mol. The number of phenolic OH excluding ortho intramolecular Hbond substituents is 1. The molecule has 0 unspecified atom stereocenters. The second kappa shape index (κ2) is 7.45. The molecule has 5 nitrogen and oxygen atoms in total. The molecule has 0 saturated heterocycles. The van der Waals surface area contributed by atoms with Crippen LogP contribution in [0.25, 0.3) is 11.0 Å². The molecule has 0 radical (unpaired) electrons. The summed E-state index contributed by atoms with van der Waals surface area (Å²) in [5, 5.41) is 11.2. The molecular weight excluding hydrogens is 437 g/mol. The van der Waals surface area contributed by atoms with E-state index in [2.05, 4.69) is 0 Å². The Hall–Kier alpha value is -3.28. The Bertz CT molecular complexity index is 1410. The Balaban J connectivity index is 1.75. The van der Waals surface area contributed by atoms with Gasteiger partial charge in [0.2, 0.25) is 5.76 Å². The molecule has 0 spiro atoms. The number of nitrogens with zero attached hydrogens (tertiary/aromatic N) is 1. The normalized spacial score (nSPS) is 15.5. The number of carbonyl (C=O) groups is 1. The summed E-state index contributed by atoms with van der Waals surface area (Å²) in [5.41, 5.74) is 1.50. The molecule has 0 bridgehead atoms. The summed E-state index contributed by atoms with van der Waals surface area (Å²) in [6.45, 7) is 0.166. The summed E-state index contributed by atoms with van der Waals surface area (Å²) in [6, 6.07) is 17.7.